The van der Waals surface area contributed by atoms with Gasteiger partial charge in [-0.2, -0.15) is 0 Å². The Hall–Kier alpha value is -0.160. The van der Waals surface area contributed by atoms with Gasteiger partial charge in [0.1, 0.15) is 5.78 Å². The quantitative estimate of drug-likeness (QED) is 0.747. The van der Waals surface area contributed by atoms with E-state index in [1.807, 2.05) is 13.8 Å². The van der Waals surface area contributed by atoms with Gasteiger partial charge in [-0.1, -0.05) is 6.92 Å². The average molecular weight is 289 g/mol. The summed E-state index contributed by atoms with van der Waals surface area (Å²) in [5, 5.41) is 10.6. The lowest BCUT2D eigenvalue weighted by Gasteiger charge is -2.60. The molecule has 6 atom stereocenters. The van der Waals surface area contributed by atoms with Gasteiger partial charge in [-0.25, -0.2) is 0 Å². The van der Waals surface area contributed by atoms with Gasteiger partial charge in [0.2, 0.25) is 0 Å². The Balaban J connectivity index is 1.99. The van der Waals surface area contributed by atoms with Crippen molar-refractivity contribution >= 4 is 17.4 Å². The fourth-order valence-corrected chi connectivity index (χ4v) is 4.25. The van der Waals surface area contributed by atoms with E-state index in [2.05, 4.69) is 0 Å². The fourth-order valence-electron chi connectivity index (χ4n) is 4.09. The molecule has 19 heavy (non-hydrogen) atoms. The second kappa shape index (κ2) is 4.42. The zero-order valence-corrected chi connectivity index (χ0v) is 12.2. The first-order valence-corrected chi connectivity index (χ1v) is 7.52. The van der Waals surface area contributed by atoms with Gasteiger partial charge in [-0.05, 0) is 19.8 Å². The van der Waals surface area contributed by atoms with Gasteiger partial charge < -0.3 is 14.6 Å². The van der Waals surface area contributed by atoms with Gasteiger partial charge in [-0.3, -0.25) is 4.79 Å². The van der Waals surface area contributed by atoms with Gasteiger partial charge in [0, 0.05) is 23.7 Å². The maximum Gasteiger partial charge on any atom is 0.171 e. The zero-order chi connectivity index (χ0) is 13.8. The Kier molecular flexibility index (Phi) is 3.21. The van der Waals surface area contributed by atoms with E-state index in [-0.39, 0.29) is 35.0 Å². The van der Waals surface area contributed by atoms with E-state index in [4.69, 9.17) is 21.1 Å². The molecule has 1 heterocycles. The molecule has 0 aromatic carbocycles. The summed E-state index contributed by atoms with van der Waals surface area (Å²) in [4.78, 5) is 12.2. The van der Waals surface area contributed by atoms with Crippen molar-refractivity contribution in [2.24, 2.45) is 17.3 Å². The Morgan fingerprint density at radius 2 is 2.21 bits per heavy atom. The molecule has 0 aromatic rings. The second-order valence-corrected chi connectivity index (χ2v) is 6.85. The fraction of sp³-hybridized carbons (Fsp3) is 0.929. The average Bonchev–Trinajstić information content (AvgIpc) is 2.39. The van der Waals surface area contributed by atoms with E-state index in [1.54, 1.807) is 0 Å². The third-order valence-corrected chi connectivity index (χ3v) is 5.81. The van der Waals surface area contributed by atoms with Crippen LogP contribution in [0.1, 0.15) is 33.1 Å². The maximum atomic E-state index is 12.2. The van der Waals surface area contributed by atoms with Crippen LogP contribution in [0.5, 0.6) is 0 Å². The molecular formula is C14H21ClO4. The molecule has 5 heteroatoms. The molecule has 2 saturated carbocycles. The lowest BCUT2D eigenvalue weighted by molar-refractivity contribution is -0.317. The topological polar surface area (TPSA) is 55.8 Å². The molecular weight excluding hydrogens is 268 g/mol. The minimum absolute atomic E-state index is 0.0684. The zero-order valence-electron chi connectivity index (χ0n) is 11.4. The lowest BCUT2D eigenvalue weighted by atomic mass is 9.51. The highest BCUT2D eigenvalue weighted by atomic mass is 35.5. The first-order valence-electron chi connectivity index (χ1n) is 6.99. The van der Waals surface area contributed by atoms with Crippen molar-refractivity contribution in [1.82, 2.24) is 0 Å². The summed E-state index contributed by atoms with van der Waals surface area (Å²) in [5.74, 6) is 0.294. The summed E-state index contributed by atoms with van der Waals surface area (Å²) in [6, 6.07) is 0. The number of rotatable bonds is 1. The predicted molar refractivity (Wildman–Crippen MR) is 69.9 cm³/mol. The first kappa shape index (κ1) is 13.8. The van der Waals surface area contributed by atoms with Crippen LogP contribution in [0, 0.1) is 17.3 Å². The molecule has 3 aliphatic rings. The smallest absolute Gasteiger partial charge is 0.171 e. The largest absolute Gasteiger partial charge is 0.390 e. The minimum Gasteiger partial charge on any atom is -0.390 e. The number of ether oxygens (including phenoxy) is 2. The summed E-state index contributed by atoms with van der Waals surface area (Å²) in [6.07, 6.45) is 1.32. The molecule has 1 unspecified atom stereocenters. The minimum atomic E-state index is -0.835. The lowest BCUT2D eigenvalue weighted by Crippen LogP contribution is -2.67. The predicted octanol–water partition coefficient (Wildman–Crippen LogP) is 1.72. The first-order chi connectivity index (χ1) is 8.90. The molecule has 0 amide bonds. The van der Waals surface area contributed by atoms with Crippen LogP contribution >= 0.6 is 11.6 Å². The van der Waals surface area contributed by atoms with E-state index in [1.165, 1.54) is 0 Å². The summed E-state index contributed by atoms with van der Waals surface area (Å²) < 4.78 is 11.7. The highest BCUT2D eigenvalue weighted by Crippen LogP contribution is 2.57. The van der Waals surface area contributed by atoms with Gasteiger partial charge in [0.05, 0.1) is 24.2 Å². The normalized spacial score (nSPS) is 53.8. The van der Waals surface area contributed by atoms with Gasteiger partial charge in [0.25, 0.3) is 0 Å². The van der Waals surface area contributed by atoms with E-state index in [0.29, 0.717) is 19.4 Å². The Bertz CT molecular complexity index is 397. The van der Waals surface area contributed by atoms with Crippen molar-refractivity contribution in [3.8, 4) is 0 Å². The van der Waals surface area contributed by atoms with Crippen LogP contribution in [-0.2, 0) is 14.3 Å². The number of aliphatic hydroxyl groups is 1. The highest BCUT2D eigenvalue weighted by molar-refractivity contribution is 6.18. The molecule has 0 aromatic heterocycles. The number of carbonyl (C=O) groups excluding carboxylic acids is 1. The number of hydrogen-bond donors (Lipinski definition) is 1. The molecule has 1 N–H and O–H groups in total. The Morgan fingerprint density at radius 3 is 2.89 bits per heavy atom. The molecule has 3 rings (SSSR count). The molecule has 0 radical (unpaired) electrons. The molecule has 0 spiro atoms. The SMILES string of the molecule is CC1C(=O)C[C@H]2[C@H]3O[C@@H](CCl)OC[C@@]13CC[C@]2(C)O. The number of halogens is 1. The second-order valence-electron chi connectivity index (χ2n) is 6.54. The van der Waals surface area contributed by atoms with E-state index in [0.717, 1.165) is 6.42 Å². The number of carbonyl (C=O) groups is 1. The summed E-state index contributed by atoms with van der Waals surface area (Å²) in [6.45, 7) is 4.30. The number of alkyl halides is 1. The van der Waals surface area contributed by atoms with Crippen LogP contribution in [0.2, 0.25) is 0 Å². The third kappa shape index (κ3) is 1.88. The van der Waals surface area contributed by atoms with E-state index in [9.17, 15) is 9.90 Å². The summed E-state index contributed by atoms with van der Waals surface area (Å²) in [7, 11) is 0. The molecule has 1 saturated heterocycles. The van der Waals surface area contributed by atoms with Crippen LogP contribution < -0.4 is 0 Å². The van der Waals surface area contributed by atoms with Crippen molar-refractivity contribution in [3.63, 3.8) is 0 Å². The van der Waals surface area contributed by atoms with Gasteiger partial charge >= 0.3 is 0 Å². The van der Waals surface area contributed by atoms with Crippen molar-refractivity contribution < 1.29 is 19.4 Å². The van der Waals surface area contributed by atoms with Crippen molar-refractivity contribution in [1.29, 1.82) is 0 Å². The monoisotopic (exact) mass is 288 g/mol. The van der Waals surface area contributed by atoms with Gasteiger partial charge in [0.15, 0.2) is 6.29 Å². The molecule has 1 aliphatic heterocycles. The van der Waals surface area contributed by atoms with Crippen molar-refractivity contribution in [2.45, 2.75) is 51.1 Å². The van der Waals surface area contributed by atoms with E-state index < -0.39 is 11.9 Å². The van der Waals surface area contributed by atoms with E-state index >= 15 is 0 Å². The number of Topliss-reactive ketones (excluding diaryl/α,β-unsaturated/α-hetero) is 1. The Labute approximate surface area is 118 Å². The standard InChI is InChI=1S/C14H21ClO4/c1-8-10(16)5-9-12-14(8,4-3-13(9,2)17)7-18-11(6-15)19-12/h8-9,11-12,17H,3-7H2,1-2H3/t8?,9-,11-,12+,13-,14-/m0/s1. The molecule has 3 fully saturated rings. The summed E-state index contributed by atoms with van der Waals surface area (Å²) >= 11 is 5.82. The highest BCUT2D eigenvalue weighted by Gasteiger charge is 2.63. The molecule has 2 aliphatic carbocycles. The van der Waals surface area contributed by atoms with Gasteiger partial charge in [-0.15, -0.1) is 11.6 Å². The maximum absolute atomic E-state index is 12.2. The van der Waals surface area contributed by atoms with Crippen LogP contribution in [-0.4, -0.2) is 41.4 Å². The summed E-state index contributed by atoms with van der Waals surface area (Å²) in [5.41, 5.74) is -1.11. The molecule has 2 bridgehead atoms. The molecule has 108 valence electrons. The van der Waals surface area contributed by atoms with Crippen molar-refractivity contribution in [3.05, 3.63) is 0 Å². The van der Waals surface area contributed by atoms with Crippen LogP contribution in [0.4, 0.5) is 0 Å². The number of hydrogen-bond acceptors (Lipinski definition) is 4. The van der Waals surface area contributed by atoms with Crippen LogP contribution in [0.3, 0.4) is 0 Å². The van der Waals surface area contributed by atoms with Crippen molar-refractivity contribution in [2.75, 3.05) is 12.5 Å². The van der Waals surface area contributed by atoms with Crippen LogP contribution in [0.15, 0.2) is 0 Å². The molecule has 4 nitrogen and oxygen atoms in total. The third-order valence-electron chi connectivity index (χ3n) is 5.56. The van der Waals surface area contributed by atoms with Crippen LogP contribution in [0.25, 0.3) is 0 Å². The Morgan fingerprint density at radius 1 is 1.47 bits per heavy atom. The number of ketones is 1.